The summed E-state index contributed by atoms with van der Waals surface area (Å²) >= 11 is 0. The van der Waals surface area contributed by atoms with Crippen molar-refractivity contribution in [2.75, 3.05) is 12.3 Å². The SMILES string of the molecule is CC(C)c1ccc(N)c2c1OC[C@H]2N. The van der Waals surface area contributed by atoms with E-state index in [0.29, 0.717) is 12.5 Å². The third-order valence-electron chi connectivity index (χ3n) is 2.66. The van der Waals surface area contributed by atoms with Crippen LogP contribution in [-0.4, -0.2) is 6.61 Å². The lowest BCUT2D eigenvalue weighted by molar-refractivity contribution is 0.329. The highest BCUT2D eigenvalue weighted by Gasteiger charge is 2.26. The number of rotatable bonds is 1. The van der Waals surface area contributed by atoms with Crippen LogP contribution in [-0.2, 0) is 0 Å². The molecule has 0 unspecified atom stereocenters. The number of nitrogens with two attached hydrogens (primary N) is 2. The normalized spacial score (nSPS) is 19.6. The van der Waals surface area contributed by atoms with E-state index in [1.165, 1.54) is 5.56 Å². The first-order valence-electron chi connectivity index (χ1n) is 4.92. The van der Waals surface area contributed by atoms with E-state index in [9.17, 15) is 0 Å². The molecule has 1 aliphatic heterocycles. The van der Waals surface area contributed by atoms with Gasteiger partial charge in [-0.05, 0) is 17.5 Å². The second-order valence-electron chi connectivity index (χ2n) is 4.06. The summed E-state index contributed by atoms with van der Waals surface area (Å²) in [5.74, 6) is 1.35. The van der Waals surface area contributed by atoms with Gasteiger partial charge in [-0.1, -0.05) is 19.9 Å². The lowest BCUT2D eigenvalue weighted by Gasteiger charge is -2.12. The first-order valence-corrected chi connectivity index (χ1v) is 4.92. The fraction of sp³-hybridized carbons (Fsp3) is 0.455. The Morgan fingerprint density at radius 1 is 1.43 bits per heavy atom. The Morgan fingerprint density at radius 3 is 2.79 bits per heavy atom. The average Bonchev–Trinajstić information content (AvgIpc) is 2.49. The zero-order chi connectivity index (χ0) is 10.3. The molecule has 0 aromatic heterocycles. The minimum absolute atomic E-state index is 0.0660. The fourth-order valence-corrected chi connectivity index (χ4v) is 1.89. The lowest BCUT2D eigenvalue weighted by Crippen LogP contribution is -2.12. The fourth-order valence-electron chi connectivity index (χ4n) is 1.89. The van der Waals surface area contributed by atoms with E-state index in [1.54, 1.807) is 0 Å². The summed E-state index contributed by atoms with van der Waals surface area (Å²) in [5.41, 5.74) is 14.7. The van der Waals surface area contributed by atoms with Gasteiger partial charge in [-0.25, -0.2) is 0 Å². The molecular formula is C11H16N2O. The quantitative estimate of drug-likeness (QED) is 0.667. The van der Waals surface area contributed by atoms with Crippen molar-refractivity contribution in [2.24, 2.45) is 5.73 Å². The second-order valence-corrected chi connectivity index (χ2v) is 4.06. The standard InChI is InChI=1S/C11H16N2O/c1-6(2)7-3-4-8(12)10-9(13)5-14-11(7)10/h3-4,6,9H,5,12-13H2,1-2H3/t9-/m1/s1. The molecule has 14 heavy (non-hydrogen) atoms. The molecule has 0 saturated heterocycles. The van der Waals surface area contributed by atoms with Crippen molar-refractivity contribution in [3.63, 3.8) is 0 Å². The molecule has 3 nitrogen and oxygen atoms in total. The minimum Gasteiger partial charge on any atom is -0.491 e. The number of benzene rings is 1. The van der Waals surface area contributed by atoms with E-state index in [2.05, 4.69) is 13.8 Å². The molecular weight excluding hydrogens is 176 g/mol. The van der Waals surface area contributed by atoms with E-state index in [4.69, 9.17) is 16.2 Å². The maximum atomic E-state index is 5.91. The Labute approximate surface area is 84.0 Å². The molecule has 1 heterocycles. The Kier molecular flexibility index (Phi) is 2.11. The first-order chi connectivity index (χ1) is 6.61. The third kappa shape index (κ3) is 1.24. The van der Waals surface area contributed by atoms with Crippen LogP contribution in [0.1, 0.15) is 36.9 Å². The zero-order valence-electron chi connectivity index (χ0n) is 8.58. The molecule has 1 aromatic rings. The molecule has 0 spiro atoms. The molecule has 0 aliphatic carbocycles. The molecule has 0 radical (unpaired) electrons. The predicted octanol–water partition coefficient (Wildman–Crippen LogP) is 1.78. The smallest absolute Gasteiger partial charge is 0.129 e. The van der Waals surface area contributed by atoms with Gasteiger partial charge >= 0.3 is 0 Å². The Balaban J connectivity index is 2.59. The number of hydrogen-bond acceptors (Lipinski definition) is 3. The van der Waals surface area contributed by atoms with Crippen molar-refractivity contribution in [1.82, 2.24) is 0 Å². The van der Waals surface area contributed by atoms with Crippen LogP contribution in [0.2, 0.25) is 0 Å². The van der Waals surface area contributed by atoms with Gasteiger partial charge in [-0.2, -0.15) is 0 Å². The predicted molar refractivity (Wildman–Crippen MR) is 57.4 cm³/mol. The van der Waals surface area contributed by atoms with Crippen molar-refractivity contribution < 1.29 is 4.74 Å². The van der Waals surface area contributed by atoms with Crippen LogP contribution >= 0.6 is 0 Å². The van der Waals surface area contributed by atoms with Gasteiger partial charge in [-0.3, -0.25) is 0 Å². The van der Waals surface area contributed by atoms with Crippen LogP contribution in [0, 0.1) is 0 Å². The third-order valence-corrected chi connectivity index (χ3v) is 2.66. The second kappa shape index (κ2) is 3.17. The van der Waals surface area contributed by atoms with Gasteiger partial charge in [-0.15, -0.1) is 0 Å². The first kappa shape index (κ1) is 9.34. The van der Waals surface area contributed by atoms with Crippen LogP contribution in [0.3, 0.4) is 0 Å². The minimum atomic E-state index is -0.0660. The molecule has 1 aliphatic rings. The highest BCUT2D eigenvalue weighted by Crippen LogP contribution is 2.41. The van der Waals surface area contributed by atoms with E-state index >= 15 is 0 Å². The van der Waals surface area contributed by atoms with Crippen molar-refractivity contribution in [3.8, 4) is 5.75 Å². The van der Waals surface area contributed by atoms with Crippen molar-refractivity contribution >= 4 is 5.69 Å². The van der Waals surface area contributed by atoms with Crippen LogP contribution in [0.5, 0.6) is 5.75 Å². The molecule has 1 atom stereocenters. The zero-order valence-corrected chi connectivity index (χ0v) is 8.58. The maximum Gasteiger partial charge on any atom is 0.129 e. The van der Waals surface area contributed by atoms with Crippen molar-refractivity contribution in [2.45, 2.75) is 25.8 Å². The van der Waals surface area contributed by atoms with Crippen LogP contribution < -0.4 is 16.2 Å². The molecule has 0 fully saturated rings. The lowest BCUT2D eigenvalue weighted by atomic mass is 9.96. The molecule has 1 aromatic carbocycles. The Hall–Kier alpha value is -1.22. The highest BCUT2D eigenvalue weighted by molar-refractivity contribution is 5.61. The van der Waals surface area contributed by atoms with Crippen LogP contribution in [0.25, 0.3) is 0 Å². The Bertz CT molecular complexity index is 361. The largest absolute Gasteiger partial charge is 0.491 e. The van der Waals surface area contributed by atoms with Gasteiger partial charge in [0.15, 0.2) is 0 Å². The van der Waals surface area contributed by atoms with Crippen molar-refractivity contribution in [1.29, 1.82) is 0 Å². The van der Waals surface area contributed by atoms with Gasteiger partial charge < -0.3 is 16.2 Å². The van der Waals surface area contributed by atoms with Gasteiger partial charge in [0.25, 0.3) is 0 Å². The average molecular weight is 192 g/mol. The number of fused-ring (bicyclic) bond motifs is 1. The summed E-state index contributed by atoms with van der Waals surface area (Å²) in [7, 11) is 0. The molecule has 0 amide bonds. The van der Waals surface area contributed by atoms with E-state index in [1.807, 2.05) is 12.1 Å². The monoisotopic (exact) mass is 192 g/mol. The van der Waals surface area contributed by atoms with Crippen LogP contribution in [0.15, 0.2) is 12.1 Å². The summed E-state index contributed by atoms with van der Waals surface area (Å²) in [6, 6.07) is 3.88. The van der Waals surface area contributed by atoms with Crippen molar-refractivity contribution in [3.05, 3.63) is 23.3 Å². The van der Waals surface area contributed by atoms with Gasteiger partial charge in [0.2, 0.25) is 0 Å². The number of anilines is 1. The summed E-state index contributed by atoms with van der Waals surface area (Å²) in [6.07, 6.45) is 0. The van der Waals surface area contributed by atoms with E-state index in [-0.39, 0.29) is 6.04 Å². The summed E-state index contributed by atoms with van der Waals surface area (Å²) in [5, 5.41) is 0. The van der Waals surface area contributed by atoms with Gasteiger partial charge in [0, 0.05) is 11.3 Å². The molecule has 0 saturated carbocycles. The summed E-state index contributed by atoms with van der Waals surface area (Å²) in [6.45, 7) is 4.82. The molecule has 76 valence electrons. The highest BCUT2D eigenvalue weighted by atomic mass is 16.5. The van der Waals surface area contributed by atoms with Gasteiger partial charge in [0.05, 0.1) is 6.04 Å². The van der Waals surface area contributed by atoms with Gasteiger partial charge in [0.1, 0.15) is 12.4 Å². The van der Waals surface area contributed by atoms with E-state index < -0.39 is 0 Å². The molecule has 4 N–H and O–H groups in total. The number of nitrogen functional groups attached to an aromatic ring is 1. The molecule has 2 rings (SSSR count). The number of ether oxygens (including phenoxy) is 1. The maximum absolute atomic E-state index is 5.91. The van der Waals surface area contributed by atoms with E-state index in [0.717, 1.165) is 17.0 Å². The Morgan fingerprint density at radius 2 is 2.14 bits per heavy atom. The van der Waals surface area contributed by atoms with Crippen LogP contribution in [0.4, 0.5) is 5.69 Å². The summed E-state index contributed by atoms with van der Waals surface area (Å²) in [4.78, 5) is 0. The summed E-state index contributed by atoms with van der Waals surface area (Å²) < 4.78 is 5.58. The molecule has 0 bridgehead atoms. The number of hydrogen-bond donors (Lipinski definition) is 2. The topological polar surface area (TPSA) is 61.3 Å². The molecule has 3 heteroatoms.